The minimum Gasteiger partial charge on any atom is -0.488 e. The van der Waals surface area contributed by atoms with Gasteiger partial charge in [0.25, 0.3) is 0 Å². The van der Waals surface area contributed by atoms with Crippen molar-refractivity contribution in [2.75, 3.05) is 0 Å². The number of rotatable bonds is 0. The Labute approximate surface area is 154 Å². The van der Waals surface area contributed by atoms with Gasteiger partial charge in [-0.05, 0) is 36.4 Å². The number of aromatic nitrogens is 2. The third kappa shape index (κ3) is 1.98. The van der Waals surface area contributed by atoms with Crippen LogP contribution in [0.3, 0.4) is 0 Å². The van der Waals surface area contributed by atoms with Crippen molar-refractivity contribution in [3.63, 3.8) is 0 Å². The molecule has 3 nitrogen and oxygen atoms in total. The van der Waals surface area contributed by atoms with E-state index in [1.807, 2.05) is 6.07 Å². The number of hydrogen-bond acceptors (Lipinski definition) is 2. The maximum atomic E-state index is 13.6. The first kappa shape index (κ1) is 14.7. The third-order valence-corrected chi connectivity index (χ3v) is 5.51. The zero-order chi connectivity index (χ0) is 18.1. The van der Waals surface area contributed by atoms with Gasteiger partial charge >= 0.3 is 0 Å². The molecular weight excluding hydrogens is 339 g/mol. The average Bonchev–Trinajstić information content (AvgIpc) is 2.97. The Morgan fingerprint density at radius 3 is 2.78 bits per heavy atom. The van der Waals surface area contributed by atoms with Crippen molar-refractivity contribution < 1.29 is 9.13 Å². The summed E-state index contributed by atoms with van der Waals surface area (Å²) in [5.74, 6) is 0.591. The number of ether oxygens (including phenoxy) is 1. The first-order chi connectivity index (χ1) is 13.2. The summed E-state index contributed by atoms with van der Waals surface area (Å²) < 4.78 is 21.8. The lowest BCUT2D eigenvalue weighted by atomic mass is 9.98. The van der Waals surface area contributed by atoms with E-state index >= 15 is 0 Å². The normalized spacial score (nSPS) is 13.0. The maximum absolute atomic E-state index is 13.6. The summed E-state index contributed by atoms with van der Waals surface area (Å²) in [6, 6.07) is 19.4. The summed E-state index contributed by atoms with van der Waals surface area (Å²) >= 11 is 0. The molecule has 0 spiro atoms. The molecule has 1 aliphatic heterocycles. The van der Waals surface area contributed by atoms with E-state index in [1.165, 1.54) is 28.4 Å². The molecular formula is C23H15FN2O. The van der Waals surface area contributed by atoms with Crippen molar-refractivity contribution in [3.05, 3.63) is 72.0 Å². The summed E-state index contributed by atoms with van der Waals surface area (Å²) in [7, 11) is 2.08. The van der Waals surface area contributed by atoms with E-state index in [0.29, 0.717) is 6.61 Å². The van der Waals surface area contributed by atoms with Gasteiger partial charge in [0.15, 0.2) is 0 Å². The Morgan fingerprint density at radius 2 is 1.85 bits per heavy atom. The minimum absolute atomic E-state index is 0.251. The molecule has 0 radical (unpaired) electrons. The molecule has 0 saturated carbocycles. The van der Waals surface area contributed by atoms with Crippen LogP contribution in [-0.4, -0.2) is 9.55 Å². The Kier molecular flexibility index (Phi) is 2.77. The monoisotopic (exact) mass is 354 g/mol. The van der Waals surface area contributed by atoms with Gasteiger partial charge < -0.3 is 9.30 Å². The molecule has 3 heterocycles. The van der Waals surface area contributed by atoms with Crippen molar-refractivity contribution in [1.82, 2.24) is 9.55 Å². The van der Waals surface area contributed by atoms with Crippen molar-refractivity contribution in [3.8, 4) is 17.0 Å². The molecule has 0 unspecified atom stereocenters. The second kappa shape index (κ2) is 5.07. The van der Waals surface area contributed by atoms with Crippen LogP contribution in [0.2, 0.25) is 0 Å². The zero-order valence-corrected chi connectivity index (χ0v) is 14.7. The van der Waals surface area contributed by atoms with E-state index in [0.717, 1.165) is 39.0 Å². The molecule has 0 bridgehead atoms. The lowest BCUT2D eigenvalue weighted by molar-refractivity contribution is 0.302. The van der Waals surface area contributed by atoms with Crippen LogP contribution in [0.4, 0.5) is 4.39 Å². The Bertz CT molecular complexity index is 1400. The average molecular weight is 354 g/mol. The van der Waals surface area contributed by atoms with Crippen LogP contribution < -0.4 is 4.74 Å². The van der Waals surface area contributed by atoms with Crippen LogP contribution in [0.1, 0.15) is 5.56 Å². The first-order valence-electron chi connectivity index (χ1n) is 8.92. The predicted octanol–water partition coefficient (Wildman–Crippen LogP) is 5.58. The lowest BCUT2D eigenvalue weighted by Crippen LogP contribution is -2.07. The number of nitrogens with zero attached hydrogens (tertiary/aromatic N) is 2. The van der Waals surface area contributed by atoms with Crippen LogP contribution in [0.15, 0.2) is 60.7 Å². The van der Waals surface area contributed by atoms with E-state index in [-0.39, 0.29) is 5.82 Å². The molecule has 0 N–H and O–H groups in total. The van der Waals surface area contributed by atoms with E-state index in [4.69, 9.17) is 9.72 Å². The number of fused-ring (bicyclic) bond motifs is 7. The van der Waals surface area contributed by atoms with Crippen LogP contribution >= 0.6 is 0 Å². The molecule has 4 heteroatoms. The molecule has 0 saturated heterocycles. The van der Waals surface area contributed by atoms with Gasteiger partial charge in [0.2, 0.25) is 0 Å². The molecule has 3 aromatic carbocycles. The highest BCUT2D eigenvalue weighted by atomic mass is 19.1. The quantitative estimate of drug-likeness (QED) is 0.363. The maximum Gasteiger partial charge on any atom is 0.131 e. The molecule has 0 amide bonds. The summed E-state index contributed by atoms with van der Waals surface area (Å²) in [5, 5.41) is 3.20. The van der Waals surface area contributed by atoms with Crippen LogP contribution in [0.5, 0.6) is 5.75 Å². The number of hydrogen-bond donors (Lipinski definition) is 0. The van der Waals surface area contributed by atoms with Gasteiger partial charge in [-0.25, -0.2) is 9.37 Å². The van der Waals surface area contributed by atoms with Gasteiger partial charge in [0.05, 0.1) is 16.7 Å². The van der Waals surface area contributed by atoms with Crippen molar-refractivity contribution in [2.24, 2.45) is 7.05 Å². The summed E-state index contributed by atoms with van der Waals surface area (Å²) in [6.07, 6.45) is 0. The largest absolute Gasteiger partial charge is 0.488 e. The van der Waals surface area contributed by atoms with Crippen molar-refractivity contribution >= 4 is 32.7 Å². The number of benzene rings is 3. The number of halogens is 1. The van der Waals surface area contributed by atoms with Gasteiger partial charge in [-0.15, -0.1) is 0 Å². The lowest BCUT2D eigenvalue weighted by Gasteiger charge is -2.21. The number of para-hydroxylation sites is 1. The van der Waals surface area contributed by atoms with Gasteiger partial charge in [0.1, 0.15) is 18.2 Å². The Balaban J connectivity index is 1.69. The smallest absolute Gasteiger partial charge is 0.131 e. The van der Waals surface area contributed by atoms with E-state index in [9.17, 15) is 4.39 Å². The Hall–Kier alpha value is -3.40. The van der Waals surface area contributed by atoms with Crippen molar-refractivity contribution in [1.29, 1.82) is 0 Å². The zero-order valence-electron chi connectivity index (χ0n) is 14.7. The highest BCUT2D eigenvalue weighted by Crippen LogP contribution is 2.42. The van der Waals surface area contributed by atoms with Gasteiger partial charge in [-0.2, -0.15) is 0 Å². The highest BCUT2D eigenvalue weighted by Gasteiger charge is 2.22. The minimum atomic E-state index is -0.251. The molecule has 2 aromatic heterocycles. The van der Waals surface area contributed by atoms with Crippen LogP contribution in [0, 0.1) is 5.82 Å². The fraction of sp³-hybridized carbons (Fsp3) is 0.0870. The molecule has 6 rings (SSSR count). The molecule has 5 aromatic rings. The molecule has 1 aliphatic rings. The molecule has 0 atom stereocenters. The van der Waals surface area contributed by atoms with Gasteiger partial charge in [0, 0.05) is 45.9 Å². The fourth-order valence-corrected chi connectivity index (χ4v) is 4.18. The number of pyridine rings is 1. The Morgan fingerprint density at radius 1 is 0.963 bits per heavy atom. The number of aryl methyl sites for hydroxylation is 1. The van der Waals surface area contributed by atoms with E-state index < -0.39 is 0 Å². The molecule has 27 heavy (non-hydrogen) atoms. The highest BCUT2D eigenvalue weighted by molar-refractivity contribution is 6.10. The third-order valence-electron chi connectivity index (χ3n) is 5.51. The standard InChI is InChI=1S/C23H15FN2O/c1-26-20-5-3-2-4-16(20)17-10-18-22(11-21(17)26)27-12-14-8-13-9-15(24)6-7-19(13)25-23(14)18/h2-11H,12H2,1H3. The summed E-state index contributed by atoms with van der Waals surface area (Å²) in [4.78, 5) is 4.84. The van der Waals surface area contributed by atoms with Crippen LogP contribution in [0.25, 0.3) is 44.0 Å². The fourth-order valence-electron chi connectivity index (χ4n) is 4.18. The molecule has 130 valence electrons. The predicted molar refractivity (Wildman–Crippen MR) is 105 cm³/mol. The molecule has 0 fully saturated rings. The summed E-state index contributed by atoms with van der Waals surface area (Å²) in [6.45, 7) is 0.442. The second-order valence-corrected chi connectivity index (χ2v) is 7.06. The van der Waals surface area contributed by atoms with Gasteiger partial charge in [-0.1, -0.05) is 18.2 Å². The van der Waals surface area contributed by atoms with E-state index in [2.05, 4.69) is 48.0 Å². The topological polar surface area (TPSA) is 27.1 Å². The molecule has 0 aliphatic carbocycles. The van der Waals surface area contributed by atoms with Crippen LogP contribution in [-0.2, 0) is 13.7 Å². The van der Waals surface area contributed by atoms with E-state index in [1.54, 1.807) is 6.07 Å². The first-order valence-corrected chi connectivity index (χ1v) is 8.92. The van der Waals surface area contributed by atoms with Crippen molar-refractivity contribution in [2.45, 2.75) is 6.61 Å². The SMILES string of the molecule is Cn1c2ccccc2c2cc3c(cc21)OCc1cc2cc(F)ccc2nc1-3. The summed E-state index contributed by atoms with van der Waals surface area (Å²) in [5.41, 5.74) is 6.02. The van der Waals surface area contributed by atoms with Gasteiger partial charge in [-0.3, -0.25) is 0 Å². The second-order valence-electron chi connectivity index (χ2n) is 7.06.